The first-order valence-corrected chi connectivity index (χ1v) is 7.07. The van der Waals surface area contributed by atoms with Gasteiger partial charge in [-0.25, -0.2) is 0 Å². The highest BCUT2D eigenvalue weighted by atomic mass is 16.3. The van der Waals surface area contributed by atoms with Gasteiger partial charge in [0, 0.05) is 24.9 Å². The van der Waals surface area contributed by atoms with Crippen molar-refractivity contribution in [1.29, 1.82) is 0 Å². The van der Waals surface area contributed by atoms with Crippen LogP contribution in [0.15, 0.2) is 24.3 Å². The van der Waals surface area contributed by atoms with Crippen molar-refractivity contribution >= 4 is 11.7 Å². The van der Waals surface area contributed by atoms with Crippen molar-refractivity contribution in [2.24, 2.45) is 0 Å². The maximum atomic E-state index is 11.9. The van der Waals surface area contributed by atoms with Gasteiger partial charge >= 0.3 is 0 Å². The molecule has 0 radical (unpaired) electrons. The minimum atomic E-state index is -0.371. The van der Waals surface area contributed by atoms with Crippen LogP contribution < -0.4 is 5.32 Å². The number of benzene rings is 1. The van der Waals surface area contributed by atoms with Crippen LogP contribution in [-0.4, -0.2) is 29.4 Å². The van der Waals surface area contributed by atoms with Gasteiger partial charge in [0.15, 0.2) is 5.78 Å². The largest absolute Gasteiger partial charge is 0.393 e. The second-order valence-electron chi connectivity index (χ2n) is 4.99. The molecule has 0 aliphatic carbocycles. The monoisotopic (exact) mass is 277 g/mol. The highest BCUT2D eigenvalue weighted by Crippen LogP contribution is 2.07. The maximum absolute atomic E-state index is 11.9. The smallest absolute Gasteiger partial charge is 0.220 e. The first-order valence-electron chi connectivity index (χ1n) is 7.07. The molecule has 1 aromatic carbocycles. The second kappa shape index (κ2) is 8.48. The van der Waals surface area contributed by atoms with Crippen LogP contribution in [0.1, 0.15) is 48.5 Å². The zero-order valence-corrected chi connectivity index (χ0v) is 12.2. The number of aliphatic hydroxyl groups is 1. The predicted molar refractivity (Wildman–Crippen MR) is 78.7 cm³/mol. The summed E-state index contributed by atoms with van der Waals surface area (Å²) in [6.45, 7) is 4.31. The average Bonchev–Trinajstić information content (AvgIpc) is 2.45. The van der Waals surface area contributed by atoms with Crippen molar-refractivity contribution in [3.63, 3.8) is 0 Å². The molecule has 0 aliphatic rings. The third-order valence-corrected chi connectivity index (χ3v) is 3.22. The number of carbonyl (C=O) groups excluding carboxylic acids is 2. The molecule has 0 saturated carbocycles. The Labute approximate surface area is 120 Å². The lowest BCUT2D eigenvalue weighted by atomic mass is 10.0. The summed E-state index contributed by atoms with van der Waals surface area (Å²) >= 11 is 0. The Morgan fingerprint density at radius 1 is 1.20 bits per heavy atom. The molecule has 110 valence electrons. The van der Waals surface area contributed by atoms with E-state index in [1.165, 1.54) is 0 Å². The van der Waals surface area contributed by atoms with Crippen LogP contribution in [0.25, 0.3) is 0 Å². The van der Waals surface area contributed by atoms with Crippen molar-refractivity contribution in [3.05, 3.63) is 35.4 Å². The molecule has 0 saturated heterocycles. The fraction of sp³-hybridized carbons (Fsp3) is 0.500. The third-order valence-electron chi connectivity index (χ3n) is 3.22. The molecule has 0 bridgehead atoms. The molecule has 4 heteroatoms. The van der Waals surface area contributed by atoms with Crippen LogP contribution in [0.4, 0.5) is 0 Å². The van der Waals surface area contributed by atoms with Gasteiger partial charge < -0.3 is 10.4 Å². The average molecular weight is 277 g/mol. The lowest BCUT2D eigenvalue weighted by Crippen LogP contribution is -2.27. The van der Waals surface area contributed by atoms with Crippen LogP contribution >= 0.6 is 0 Å². The molecule has 4 nitrogen and oxygen atoms in total. The Balaban J connectivity index is 2.27. The molecule has 0 fully saturated rings. The van der Waals surface area contributed by atoms with Gasteiger partial charge in [-0.15, -0.1) is 0 Å². The van der Waals surface area contributed by atoms with E-state index in [4.69, 9.17) is 0 Å². The Morgan fingerprint density at radius 3 is 2.45 bits per heavy atom. The predicted octanol–water partition coefficient (Wildman–Crippen LogP) is 2.24. The number of hydrogen-bond acceptors (Lipinski definition) is 3. The number of Topliss-reactive ketones (excluding diaryl/α,β-unsaturated/α-hetero) is 1. The van der Waals surface area contributed by atoms with Crippen molar-refractivity contribution in [2.45, 2.75) is 45.6 Å². The SMILES string of the molecule is CCC(O)CCNC(=O)CCC(=O)c1ccc(C)cc1. The van der Waals surface area contributed by atoms with Gasteiger partial charge in [0.25, 0.3) is 0 Å². The van der Waals surface area contributed by atoms with Crippen molar-refractivity contribution < 1.29 is 14.7 Å². The van der Waals surface area contributed by atoms with Crippen molar-refractivity contribution in [2.75, 3.05) is 6.54 Å². The minimum absolute atomic E-state index is 0.0197. The van der Waals surface area contributed by atoms with E-state index in [1.807, 2.05) is 26.0 Å². The minimum Gasteiger partial charge on any atom is -0.393 e. The zero-order valence-electron chi connectivity index (χ0n) is 12.2. The van der Waals surface area contributed by atoms with E-state index in [0.29, 0.717) is 24.9 Å². The number of aryl methyl sites for hydroxylation is 1. The molecule has 2 N–H and O–H groups in total. The summed E-state index contributed by atoms with van der Waals surface area (Å²) in [4.78, 5) is 23.4. The summed E-state index contributed by atoms with van der Waals surface area (Å²) in [5.41, 5.74) is 1.75. The van der Waals surface area contributed by atoms with Crippen LogP contribution in [-0.2, 0) is 4.79 Å². The molecule has 1 unspecified atom stereocenters. The molecule has 1 amide bonds. The summed E-state index contributed by atoms with van der Waals surface area (Å²) in [7, 11) is 0. The molecule has 20 heavy (non-hydrogen) atoms. The fourth-order valence-electron chi connectivity index (χ4n) is 1.78. The molecule has 1 atom stereocenters. The highest BCUT2D eigenvalue weighted by molar-refractivity contribution is 5.97. The molecule has 0 aromatic heterocycles. The first kappa shape index (κ1) is 16.4. The first-order chi connectivity index (χ1) is 9.52. The van der Waals surface area contributed by atoms with Gasteiger partial charge in [0.1, 0.15) is 0 Å². The van der Waals surface area contributed by atoms with Crippen molar-refractivity contribution in [3.8, 4) is 0 Å². The van der Waals surface area contributed by atoms with Crippen LogP contribution in [0.3, 0.4) is 0 Å². The number of rotatable bonds is 8. The fourth-order valence-corrected chi connectivity index (χ4v) is 1.78. The van der Waals surface area contributed by atoms with E-state index in [9.17, 15) is 14.7 Å². The molecule has 0 aliphatic heterocycles. The number of nitrogens with one attached hydrogen (secondary N) is 1. The van der Waals surface area contributed by atoms with Gasteiger partial charge in [-0.2, -0.15) is 0 Å². The number of hydrogen-bond donors (Lipinski definition) is 2. The van der Waals surface area contributed by atoms with E-state index in [-0.39, 0.29) is 30.6 Å². The van der Waals surface area contributed by atoms with E-state index >= 15 is 0 Å². The van der Waals surface area contributed by atoms with Gasteiger partial charge in [-0.1, -0.05) is 36.8 Å². The van der Waals surface area contributed by atoms with Gasteiger partial charge in [-0.05, 0) is 19.8 Å². The molecule has 1 rings (SSSR count). The quantitative estimate of drug-likeness (QED) is 0.716. The summed E-state index contributed by atoms with van der Waals surface area (Å²) in [6, 6.07) is 7.35. The third kappa shape index (κ3) is 5.97. The van der Waals surface area contributed by atoms with E-state index in [2.05, 4.69) is 5.32 Å². The Bertz CT molecular complexity index is 440. The second-order valence-corrected chi connectivity index (χ2v) is 4.99. The van der Waals surface area contributed by atoms with E-state index in [1.54, 1.807) is 12.1 Å². The summed E-state index contributed by atoms with van der Waals surface area (Å²) in [6.07, 6.45) is 1.26. The lowest BCUT2D eigenvalue weighted by molar-refractivity contribution is -0.121. The Morgan fingerprint density at radius 2 is 1.85 bits per heavy atom. The molecular formula is C16H23NO3. The number of ketones is 1. The van der Waals surface area contributed by atoms with E-state index < -0.39 is 0 Å². The van der Waals surface area contributed by atoms with Gasteiger partial charge in [-0.3, -0.25) is 9.59 Å². The maximum Gasteiger partial charge on any atom is 0.220 e. The van der Waals surface area contributed by atoms with Crippen LogP contribution in [0, 0.1) is 6.92 Å². The lowest BCUT2D eigenvalue weighted by Gasteiger charge is -2.08. The number of aliphatic hydroxyl groups excluding tert-OH is 1. The molecule has 1 aromatic rings. The number of carbonyl (C=O) groups is 2. The normalized spacial score (nSPS) is 11.9. The van der Waals surface area contributed by atoms with Crippen LogP contribution in [0.5, 0.6) is 0 Å². The topological polar surface area (TPSA) is 66.4 Å². The highest BCUT2D eigenvalue weighted by Gasteiger charge is 2.09. The standard InChI is InChI=1S/C16H23NO3/c1-3-14(18)10-11-17-16(20)9-8-15(19)13-6-4-12(2)5-7-13/h4-7,14,18H,3,8-11H2,1-2H3,(H,17,20). The van der Waals surface area contributed by atoms with Crippen LogP contribution in [0.2, 0.25) is 0 Å². The van der Waals surface area contributed by atoms with Gasteiger partial charge in [0.2, 0.25) is 5.91 Å². The Kier molecular flexibility index (Phi) is 6.94. The molecule has 0 heterocycles. The van der Waals surface area contributed by atoms with Gasteiger partial charge in [0.05, 0.1) is 6.10 Å². The summed E-state index contributed by atoms with van der Waals surface area (Å²) < 4.78 is 0. The zero-order chi connectivity index (χ0) is 15.0. The molecule has 0 spiro atoms. The number of amides is 1. The van der Waals surface area contributed by atoms with E-state index in [0.717, 1.165) is 5.56 Å². The summed E-state index contributed by atoms with van der Waals surface area (Å²) in [5.74, 6) is -0.164. The van der Waals surface area contributed by atoms with Crippen molar-refractivity contribution in [1.82, 2.24) is 5.32 Å². The summed E-state index contributed by atoms with van der Waals surface area (Å²) in [5, 5.41) is 12.1. The Hall–Kier alpha value is -1.68. The molecular weight excluding hydrogens is 254 g/mol.